The molecule has 1 aromatic rings. The van der Waals surface area contributed by atoms with Crippen molar-refractivity contribution in [1.29, 1.82) is 0 Å². The van der Waals surface area contributed by atoms with E-state index < -0.39 is 11.9 Å². The molecule has 6 nitrogen and oxygen atoms in total. The van der Waals surface area contributed by atoms with Crippen molar-refractivity contribution in [2.45, 2.75) is 50.9 Å². The van der Waals surface area contributed by atoms with Gasteiger partial charge in [-0.05, 0) is 61.7 Å². The number of aromatic nitrogens is 2. The molecule has 2 atom stereocenters. The van der Waals surface area contributed by atoms with Crippen molar-refractivity contribution in [2.24, 2.45) is 29.1 Å². The molecule has 1 saturated heterocycles. The van der Waals surface area contributed by atoms with Crippen molar-refractivity contribution in [1.82, 2.24) is 14.9 Å². The fourth-order valence-corrected chi connectivity index (χ4v) is 6.95. The SMILES string of the molecule is O=C(O)[C@@H]1CN(C(=O)CC23CC4CC(CC(C4)C2)C3)C[C@H]1c1ncc[nH]1. The van der Waals surface area contributed by atoms with Gasteiger partial charge in [0, 0.05) is 37.8 Å². The molecule has 5 aliphatic rings. The van der Waals surface area contributed by atoms with Crippen molar-refractivity contribution in [3.8, 4) is 0 Å². The van der Waals surface area contributed by atoms with Crippen LogP contribution in [0.1, 0.15) is 56.7 Å². The number of carboxylic acid groups (broad SMARTS) is 1. The Kier molecular flexibility index (Phi) is 3.66. The number of carboxylic acids is 1. The summed E-state index contributed by atoms with van der Waals surface area (Å²) in [7, 11) is 0. The number of amides is 1. The fraction of sp³-hybridized carbons (Fsp3) is 0.750. The number of imidazole rings is 1. The third-order valence-corrected chi connectivity index (χ3v) is 7.55. The lowest BCUT2D eigenvalue weighted by molar-refractivity contribution is -0.142. The Hall–Kier alpha value is -1.85. The molecule has 0 radical (unpaired) electrons. The number of H-pyrrole nitrogens is 1. The van der Waals surface area contributed by atoms with E-state index in [0.717, 1.165) is 17.8 Å². The van der Waals surface area contributed by atoms with Gasteiger partial charge in [0.05, 0.1) is 5.92 Å². The van der Waals surface area contributed by atoms with Gasteiger partial charge >= 0.3 is 5.97 Å². The van der Waals surface area contributed by atoms with E-state index in [1.165, 1.54) is 38.5 Å². The third kappa shape index (κ3) is 2.65. The first kappa shape index (κ1) is 16.3. The van der Waals surface area contributed by atoms with Crippen molar-refractivity contribution in [3.05, 3.63) is 18.2 Å². The van der Waals surface area contributed by atoms with E-state index in [-0.39, 0.29) is 17.2 Å². The van der Waals surface area contributed by atoms with Gasteiger partial charge in [-0.1, -0.05) is 0 Å². The van der Waals surface area contributed by atoms with Crippen LogP contribution in [0.5, 0.6) is 0 Å². The first-order valence-electron chi connectivity index (χ1n) is 10.0. The lowest BCUT2D eigenvalue weighted by Gasteiger charge is -2.56. The van der Waals surface area contributed by atoms with Gasteiger partial charge in [0.2, 0.25) is 5.91 Å². The summed E-state index contributed by atoms with van der Waals surface area (Å²) in [5, 5.41) is 9.61. The second-order valence-corrected chi connectivity index (χ2v) is 9.42. The number of nitrogens with one attached hydrogen (secondary N) is 1. The Bertz CT molecular complexity index is 679. The molecule has 1 amide bonds. The number of aromatic amines is 1. The number of hydrogen-bond donors (Lipinski definition) is 2. The Morgan fingerprint density at radius 3 is 2.35 bits per heavy atom. The van der Waals surface area contributed by atoms with E-state index in [1.54, 1.807) is 17.3 Å². The summed E-state index contributed by atoms with van der Waals surface area (Å²) in [5.74, 6) is 1.69. The molecule has 26 heavy (non-hydrogen) atoms. The molecular weight excluding hydrogens is 330 g/mol. The van der Waals surface area contributed by atoms with Crippen LogP contribution in [0.3, 0.4) is 0 Å². The van der Waals surface area contributed by atoms with Gasteiger partial charge in [0.15, 0.2) is 0 Å². The zero-order valence-corrected chi connectivity index (χ0v) is 15.1. The van der Waals surface area contributed by atoms with Gasteiger partial charge < -0.3 is 15.0 Å². The highest BCUT2D eigenvalue weighted by atomic mass is 16.4. The quantitative estimate of drug-likeness (QED) is 0.867. The van der Waals surface area contributed by atoms with Gasteiger partial charge in [0.25, 0.3) is 0 Å². The maximum atomic E-state index is 13.1. The Morgan fingerprint density at radius 2 is 1.81 bits per heavy atom. The molecule has 6 heteroatoms. The molecule has 0 spiro atoms. The Balaban J connectivity index is 1.31. The molecule has 1 aliphatic heterocycles. The van der Waals surface area contributed by atoms with Crippen LogP contribution >= 0.6 is 0 Å². The van der Waals surface area contributed by atoms with Crippen LogP contribution in [0.25, 0.3) is 0 Å². The Labute approximate surface area is 153 Å². The largest absolute Gasteiger partial charge is 0.481 e. The fourth-order valence-electron chi connectivity index (χ4n) is 6.95. The third-order valence-electron chi connectivity index (χ3n) is 7.55. The number of carbonyl (C=O) groups excluding carboxylic acids is 1. The average Bonchev–Trinajstić information content (AvgIpc) is 3.22. The van der Waals surface area contributed by atoms with Crippen LogP contribution in [-0.4, -0.2) is 44.9 Å². The van der Waals surface area contributed by atoms with E-state index in [1.807, 2.05) is 0 Å². The molecule has 4 saturated carbocycles. The number of aliphatic carboxylic acids is 1. The van der Waals surface area contributed by atoms with Crippen LogP contribution in [0, 0.1) is 29.1 Å². The summed E-state index contributed by atoms with van der Waals surface area (Å²) in [4.78, 5) is 33.9. The second kappa shape index (κ2) is 5.83. The maximum Gasteiger partial charge on any atom is 0.309 e. The smallest absolute Gasteiger partial charge is 0.309 e. The van der Waals surface area contributed by atoms with Crippen molar-refractivity contribution >= 4 is 11.9 Å². The molecule has 5 fully saturated rings. The zero-order valence-electron chi connectivity index (χ0n) is 15.1. The highest BCUT2D eigenvalue weighted by molar-refractivity contribution is 5.80. The van der Waals surface area contributed by atoms with Crippen LogP contribution in [-0.2, 0) is 9.59 Å². The van der Waals surface area contributed by atoms with Crippen molar-refractivity contribution < 1.29 is 14.7 Å². The summed E-state index contributed by atoms with van der Waals surface area (Å²) in [5.41, 5.74) is 0.202. The minimum atomic E-state index is -0.837. The topological polar surface area (TPSA) is 86.3 Å². The van der Waals surface area contributed by atoms with Gasteiger partial charge in [-0.15, -0.1) is 0 Å². The van der Waals surface area contributed by atoms with Gasteiger partial charge in [0.1, 0.15) is 5.82 Å². The molecule has 0 aromatic carbocycles. The summed E-state index contributed by atoms with van der Waals surface area (Å²) < 4.78 is 0. The predicted molar refractivity (Wildman–Crippen MR) is 94.3 cm³/mol. The number of hydrogen-bond acceptors (Lipinski definition) is 3. The van der Waals surface area contributed by atoms with Crippen LogP contribution < -0.4 is 0 Å². The second-order valence-electron chi connectivity index (χ2n) is 9.42. The van der Waals surface area contributed by atoms with E-state index >= 15 is 0 Å². The maximum absolute atomic E-state index is 13.1. The summed E-state index contributed by atoms with van der Waals surface area (Å²) in [6.07, 6.45) is 11.7. The van der Waals surface area contributed by atoms with Crippen molar-refractivity contribution in [3.63, 3.8) is 0 Å². The predicted octanol–water partition coefficient (Wildman–Crippen LogP) is 2.64. The lowest BCUT2D eigenvalue weighted by Crippen LogP contribution is -2.48. The monoisotopic (exact) mass is 357 g/mol. The molecule has 4 aliphatic carbocycles. The van der Waals surface area contributed by atoms with Gasteiger partial charge in [-0.3, -0.25) is 9.59 Å². The minimum Gasteiger partial charge on any atom is -0.481 e. The molecule has 1 aromatic heterocycles. The molecule has 2 N–H and O–H groups in total. The van der Waals surface area contributed by atoms with E-state index in [4.69, 9.17) is 0 Å². The van der Waals surface area contributed by atoms with Gasteiger partial charge in [-0.25, -0.2) is 4.98 Å². The van der Waals surface area contributed by atoms with E-state index in [2.05, 4.69) is 9.97 Å². The molecule has 4 bridgehead atoms. The molecule has 2 heterocycles. The number of carbonyl (C=O) groups is 2. The summed E-state index contributed by atoms with van der Waals surface area (Å²) in [6.45, 7) is 0.779. The molecule has 6 rings (SSSR count). The van der Waals surface area contributed by atoms with Gasteiger partial charge in [-0.2, -0.15) is 0 Å². The zero-order chi connectivity index (χ0) is 17.9. The number of likely N-dealkylation sites (tertiary alicyclic amines) is 1. The molecular formula is C20H27N3O3. The van der Waals surface area contributed by atoms with Crippen molar-refractivity contribution in [2.75, 3.05) is 13.1 Å². The summed E-state index contributed by atoms with van der Waals surface area (Å²) >= 11 is 0. The highest BCUT2D eigenvalue weighted by Gasteiger charge is 2.52. The Morgan fingerprint density at radius 1 is 1.15 bits per heavy atom. The lowest BCUT2D eigenvalue weighted by atomic mass is 9.49. The summed E-state index contributed by atoms with van der Waals surface area (Å²) in [6, 6.07) is 0. The highest BCUT2D eigenvalue weighted by Crippen LogP contribution is 2.61. The van der Waals surface area contributed by atoms with E-state index in [0.29, 0.717) is 25.3 Å². The minimum absolute atomic E-state index is 0.159. The number of rotatable bonds is 4. The standard InChI is InChI=1S/C20H27N3O3/c24-17(9-20-6-12-3-13(7-20)5-14(4-12)8-20)23-10-15(16(11-23)19(25)26)18-21-1-2-22-18/h1-2,12-16H,3-11H2,(H,21,22)(H,25,26)/t12?,13?,14?,15-,16-,20?/m1/s1. The van der Waals surface area contributed by atoms with Crippen LogP contribution in [0.15, 0.2) is 12.4 Å². The molecule has 0 unspecified atom stereocenters. The van der Waals surface area contributed by atoms with E-state index in [9.17, 15) is 14.7 Å². The first-order chi connectivity index (χ1) is 12.5. The number of nitrogens with zero attached hydrogens (tertiary/aromatic N) is 2. The normalized spacial score (nSPS) is 40.9. The first-order valence-corrected chi connectivity index (χ1v) is 10.0. The van der Waals surface area contributed by atoms with Crippen LogP contribution in [0.4, 0.5) is 0 Å². The molecule has 140 valence electrons. The average molecular weight is 357 g/mol. The van der Waals surface area contributed by atoms with Crippen LogP contribution in [0.2, 0.25) is 0 Å².